The Bertz CT molecular complexity index is 767. The van der Waals surface area contributed by atoms with E-state index in [0.717, 1.165) is 11.1 Å². The number of hydrogen-bond donors (Lipinski definition) is 1. The highest BCUT2D eigenvalue weighted by Gasteiger charge is 2.14. The molecule has 0 atom stereocenters. The average Bonchev–Trinajstić information content (AvgIpc) is 2.41. The molecular formula is C16H17NO2S2. The first kappa shape index (κ1) is 15.7. The molecule has 0 aliphatic heterocycles. The first-order chi connectivity index (χ1) is 9.87. The third-order valence-corrected chi connectivity index (χ3v) is 4.99. The van der Waals surface area contributed by atoms with E-state index < -0.39 is 9.84 Å². The van der Waals surface area contributed by atoms with Crippen LogP contribution in [0.2, 0.25) is 0 Å². The monoisotopic (exact) mass is 319 g/mol. The van der Waals surface area contributed by atoms with Crippen LogP contribution in [0, 0.1) is 6.92 Å². The first-order valence-electron chi connectivity index (χ1n) is 6.51. The molecule has 0 saturated carbocycles. The molecule has 0 aliphatic rings. The molecule has 0 fully saturated rings. The topological polar surface area (TPSA) is 60.2 Å². The lowest BCUT2D eigenvalue weighted by Gasteiger charge is -2.08. The second-order valence-corrected chi connectivity index (χ2v) is 7.53. The summed E-state index contributed by atoms with van der Waals surface area (Å²) < 4.78 is 24.7. The maximum absolute atomic E-state index is 12.3. The molecule has 2 aromatic carbocycles. The van der Waals surface area contributed by atoms with Gasteiger partial charge in [0.05, 0.1) is 11.5 Å². The van der Waals surface area contributed by atoms with E-state index in [4.69, 9.17) is 18.0 Å². The normalized spacial score (nSPS) is 11.3. The summed E-state index contributed by atoms with van der Waals surface area (Å²) in [5.74, 6) is 0.0226. The molecular weight excluding hydrogens is 302 g/mol. The van der Waals surface area contributed by atoms with Gasteiger partial charge in [-0.3, -0.25) is 0 Å². The molecule has 5 heteroatoms. The van der Waals surface area contributed by atoms with Gasteiger partial charge in [0.1, 0.15) is 4.99 Å². The summed E-state index contributed by atoms with van der Waals surface area (Å²) >= 11 is 4.91. The zero-order valence-electron chi connectivity index (χ0n) is 11.7. The molecule has 0 unspecified atom stereocenters. The van der Waals surface area contributed by atoms with Crippen LogP contribution in [0.3, 0.4) is 0 Å². The van der Waals surface area contributed by atoms with E-state index in [2.05, 4.69) is 0 Å². The van der Waals surface area contributed by atoms with Crippen molar-refractivity contribution >= 4 is 27.0 Å². The number of thiocarbonyl (C=S) groups is 1. The van der Waals surface area contributed by atoms with Crippen LogP contribution in [0.4, 0.5) is 0 Å². The summed E-state index contributed by atoms with van der Waals surface area (Å²) in [6.45, 7) is 1.92. The van der Waals surface area contributed by atoms with Crippen LogP contribution in [0.5, 0.6) is 0 Å². The van der Waals surface area contributed by atoms with E-state index in [1.165, 1.54) is 0 Å². The summed E-state index contributed by atoms with van der Waals surface area (Å²) in [6, 6.07) is 14.6. The second kappa shape index (κ2) is 6.37. The van der Waals surface area contributed by atoms with Crippen molar-refractivity contribution in [2.75, 3.05) is 0 Å². The summed E-state index contributed by atoms with van der Waals surface area (Å²) in [4.78, 5) is 0.271. The largest absolute Gasteiger partial charge is 0.389 e. The highest BCUT2D eigenvalue weighted by Crippen LogP contribution is 2.16. The lowest BCUT2D eigenvalue weighted by Crippen LogP contribution is -2.12. The smallest absolute Gasteiger partial charge is 0.158 e. The fourth-order valence-electron chi connectivity index (χ4n) is 2.13. The number of rotatable bonds is 5. The van der Waals surface area contributed by atoms with Crippen molar-refractivity contribution in [2.24, 2.45) is 5.73 Å². The number of benzene rings is 2. The van der Waals surface area contributed by atoms with Crippen LogP contribution in [0.25, 0.3) is 0 Å². The van der Waals surface area contributed by atoms with Crippen LogP contribution in [0.1, 0.15) is 22.3 Å². The molecule has 0 aliphatic carbocycles. The van der Waals surface area contributed by atoms with Gasteiger partial charge in [-0.1, -0.05) is 54.7 Å². The molecule has 0 spiro atoms. The Morgan fingerprint density at radius 1 is 1.10 bits per heavy atom. The summed E-state index contributed by atoms with van der Waals surface area (Å²) in [6.07, 6.45) is 0. The predicted octanol–water partition coefficient (Wildman–Crippen LogP) is 2.74. The SMILES string of the molecule is Cc1ccccc1CS(=O)(=O)Cc1cccc(C(N)=S)c1. The lowest BCUT2D eigenvalue weighted by molar-refractivity contribution is 0.594. The average molecular weight is 319 g/mol. The third-order valence-electron chi connectivity index (χ3n) is 3.23. The van der Waals surface area contributed by atoms with E-state index in [-0.39, 0.29) is 16.5 Å². The zero-order valence-corrected chi connectivity index (χ0v) is 13.4. The van der Waals surface area contributed by atoms with E-state index >= 15 is 0 Å². The van der Waals surface area contributed by atoms with Crippen molar-refractivity contribution < 1.29 is 8.42 Å². The van der Waals surface area contributed by atoms with Crippen LogP contribution >= 0.6 is 12.2 Å². The molecule has 110 valence electrons. The Morgan fingerprint density at radius 2 is 1.81 bits per heavy atom. The van der Waals surface area contributed by atoms with Crippen molar-refractivity contribution in [1.82, 2.24) is 0 Å². The summed E-state index contributed by atoms with van der Waals surface area (Å²) in [7, 11) is -3.24. The molecule has 2 aromatic rings. The number of sulfone groups is 1. The molecule has 21 heavy (non-hydrogen) atoms. The van der Waals surface area contributed by atoms with Crippen LogP contribution < -0.4 is 5.73 Å². The maximum atomic E-state index is 12.3. The zero-order chi connectivity index (χ0) is 15.5. The van der Waals surface area contributed by atoms with Gasteiger partial charge in [0.2, 0.25) is 0 Å². The van der Waals surface area contributed by atoms with Crippen LogP contribution in [-0.2, 0) is 21.3 Å². The molecule has 2 N–H and O–H groups in total. The summed E-state index contributed by atoms with van der Waals surface area (Å²) in [5, 5.41) is 0. The molecule has 0 radical (unpaired) electrons. The number of nitrogens with two attached hydrogens (primary N) is 1. The fourth-order valence-corrected chi connectivity index (χ4v) is 3.84. The van der Waals surface area contributed by atoms with Crippen molar-refractivity contribution in [3.05, 3.63) is 70.8 Å². The van der Waals surface area contributed by atoms with E-state index in [0.29, 0.717) is 11.1 Å². The molecule has 2 rings (SSSR count). The number of hydrogen-bond acceptors (Lipinski definition) is 3. The third kappa shape index (κ3) is 4.37. The standard InChI is InChI=1S/C16H17NO2S2/c1-12-5-2-3-7-15(12)11-21(18,19)10-13-6-4-8-14(9-13)16(17)20/h2-9H,10-11H2,1H3,(H2,17,20). The van der Waals surface area contributed by atoms with E-state index in [9.17, 15) is 8.42 Å². The molecule has 0 bridgehead atoms. The van der Waals surface area contributed by atoms with E-state index in [1.807, 2.05) is 31.2 Å². The Labute approximate surface area is 130 Å². The fraction of sp³-hybridized carbons (Fsp3) is 0.188. The van der Waals surface area contributed by atoms with Crippen molar-refractivity contribution in [1.29, 1.82) is 0 Å². The lowest BCUT2D eigenvalue weighted by atomic mass is 10.1. The van der Waals surface area contributed by atoms with Crippen molar-refractivity contribution in [3.63, 3.8) is 0 Å². The van der Waals surface area contributed by atoms with Crippen LogP contribution in [0.15, 0.2) is 48.5 Å². The highest BCUT2D eigenvalue weighted by molar-refractivity contribution is 7.89. The minimum Gasteiger partial charge on any atom is -0.389 e. The predicted molar refractivity (Wildman–Crippen MR) is 89.8 cm³/mol. The summed E-state index contributed by atoms with van der Waals surface area (Å²) in [5.41, 5.74) is 8.78. The Balaban J connectivity index is 2.20. The Morgan fingerprint density at radius 3 is 2.48 bits per heavy atom. The van der Waals surface area contributed by atoms with Gasteiger partial charge < -0.3 is 5.73 Å². The molecule has 0 saturated heterocycles. The minimum absolute atomic E-state index is 0.0161. The van der Waals surface area contributed by atoms with Crippen molar-refractivity contribution in [2.45, 2.75) is 18.4 Å². The van der Waals surface area contributed by atoms with E-state index in [1.54, 1.807) is 24.3 Å². The van der Waals surface area contributed by atoms with Crippen molar-refractivity contribution in [3.8, 4) is 0 Å². The van der Waals surface area contributed by atoms with Gasteiger partial charge >= 0.3 is 0 Å². The quantitative estimate of drug-likeness (QED) is 0.861. The van der Waals surface area contributed by atoms with Gasteiger partial charge in [0, 0.05) is 5.56 Å². The molecule has 0 amide bonds. The van der Waals surface area contributed by atoms with Crippen LogP contribution in [-0.4, -0.2) is 13.4 Å². The second-order valence-electron chi connectivity index (χ2n) is 5.02. The van der Waals surface area contributed by atoms with Gasteiger partial charge in [-0.05, 0) is 29.7 Å². The molecule has 3 nitrogen and oxygen atoms in total. The maximum Gasteiger partial charge on any atom is 0.158 e. The van der Waals surface area contributed by atoms with Gasteiger partial charge in [0.15, 0.2) is 9.84 Å². The first-order valence-corrected chi connectivity index (χ1v) is 8.74. The molecule has 0 heterocycles. The number of aryl methyl sites for hydroxylation is 1. The Kier molecular flexibility index (Phi) is 4.75. The van der Waals surface area contributed by atoms with Gasteiger partial charge in [-0.15, -0.1) is 0 Å². The van der Waals surface area contributed by atoms with Gasteiger partial charge in [-0.25, -0.2) is 8.42 Å². The Hall–Kier alpha value is -1.72. The highest BCUT2D eigenvalue weighted by atomic mass is 32.2. The minimum atomic E-state index is -3.24. The molecule has 0 aromatic heterocycles. The van der Waals surface area contributed by atoms with Gasteiger partial charge in [0.25, 0.3) is 0 Å². The van der Waals surface area contributed by atoms with Gasteiger partial charge in [-0.2, -0.15) is 0 Å².